The molecule has 210 valence electrons. The number of esters is 1. The van der Waals surface area contributed by atoms with Gasteiger partial charge in [0.1, 0.15) is 6.04 Å². The van der Waals surface area contributed by atoms with Crippen molar-refractivity contribution in [2.75, 3.05) is 18.2 Å². The Bertz CT molecular complexity index is 1360. The molecule has 1 aromatic heterocycles. The Hall–Kier alpha value is -4.55. The van der Waals surface area contributed by atoms with Crippen molar-refractivity contribution in [3.8, 4) is 0 Å². The summed E-state index contributed by atoms with van der Waals surface area (Å²) in [7, 11) is 0. The Balaban J connectivity index is 1.69. The summed E-state index contributed by atoms with van der Waals surface area (Å²) in [5, 5.41) is 6.99. The number of amides is 1. The number of aliphatic imine (C=N–C) groups is 1. The maximum absolute atomic E-state index is 12.6. The summed E-state index contributed by atoms with van der Waals surface area (Å²) in [6.45, 7) is 1.88. The van der Waals surface area contributed by atoms with Gasteiger partial charge in [-0.05, 0) is 55.8 Å². The lowest BCUT2D eigenvalue weighted by atomic mass is 10.2. The van der Waals surface area contributed by atoms with Gasteiger partial charge in [-0.25, -0.2) is 0 Å². The van der Waals surface area contributed by atoms with Gasteiger partial charge in [-0.15, -0.1) is 0 Å². The van der Waals surface area contributed by atoms with E-state index in [9.17, 15) is 9.59 Å². The fourth-order valence-electron chi connectivity index (χ4n) is 3.71. The van der Waals surface area contributed by atoms with Gasteiger partial charge in [0.2, 0.25) is 5.91 Å². The van der Waals surface area contributed by atoms with Gasteiger partial charge in [0, 0.05) is 24.2 Å². The lowest BCUT2D eigenvalue weighted by Gasteiger charge is -2.28. The number of thiocarbonyl (C=S) groups is 1. The molecule has 0 saturated heterocycles. The average Bonchev–Trinajstić information content (AvgIpc) is 2.94. The van der Waals surface area contributed by atoms with Crippen LogP contribution in [-0.2, 0) is 14.3 Å². The standard InChI is InChI=1S/C28H34N8O3S/c1-19(34-24(37)15-14-20-8-3-2-4-9-20)35-28(40)36(23-13-5-10-21-11-6-16-32-25(21)23)18-39-26(38)22(29)12-7-17-33-27(30)31/h2-6,8-11,13-16,19,22H,7,12,17-18,29H2,1H3,(H,34,37)(H,35,40)(H4,30,31,33)/b15-14+/t19?,22-/m0/s1. The molecule has 1 heterocycles. The number of anilines is 1. The van der Waals surface area contributed by atoms with Crippen LogP contribution in [0.15, 0.2) is 77.9 Å². The molecule has 11 nitrogen and oxygen atoms in total. The number of fused-ring (bicyclic) bond motifs is 1. The van der Waals surface area contributed by atoms with E-state index in [4.69, 9.17) is 34.2 Å². The van der Waals surface area contributed by atoms with Gasteiger partial charge in [-0.3, -0.25) is 24.5 Å². The normalized spacial score (nSPS) is 12.3. The van der Waals surface area contributed by atoms with Crippen molar-refractivity contribution in [2.45, 2.75) is 32.0 Å². The van der Waals surface area contributed by atoms with E-state index < -0.39 is 18.2 Å². The summed E-state index contributed by atoms with van der Waals surface area (Å²) < 4.78 is 5.54. The topological polar surface area (TPSA) is 174 Å². The molecule has 1 unspecified atom stereocenters. The molecular formula is C28H34N8O3S. The van der Waals surface area contributed by atoms with E-state index >= 15 is 0 Å². The van der Waals surface area contributed by atoms with Crippen LogP contribution in [0.3, 0.4) is 0 Å². The van der Waals surface area contributed by atoms with Crippen molar-refractivity contribution in [2.24, 2.45) is 22.2 Å². The zero-order chi connectivity index (χ0) is 28.9. The molecule has 0 aliphatic rings. The van der Waals surface area contributed by atoms with Gasteiger partial charge in [-0.1, -0.05) is 48.5 Å². The number of nitrogens with zero attached hydrogens (tertiary/aromatic N) is 3. The largest absolute Gasteiger partial charge is 0.443 e. The van der Waals surface area contributed by atoms with Crippen molar-refractivity contribution >= 4 is 57.8 Å². The first-order valence-corrected chi connectivity index (χ1v) is 13.1. The van der Waals surface area contributed by atoms with Gasteiger partial charge in [0.05, 0.1) is 17.4 Å². The second-order valence-corrected chi connectivity index (χ2v) is 9.24. The molecule has 3 aromatic rings. The summed E-state index contributed by atoms with van der Waals surface area (Å²) in [5.41, 5.74) is 18.8. The first-order chi connectivity index (χ1) is 19.2. The lowest BCUT2D eigenvalue weighted by Crippen LogP contribution is -2.51. The maximum Gasteiger partial charge on any atom is 0.324 e. The summed E-state index contributed by atoms with van der Waals surface area (Å²) in [6, 6.07) is 18.0. The first kappa shape index (κ1) is 30.0. The first-order valence-electron chi connectivity index (χ1n) is 12.7. The number of carbonyl (C=O) groups excluding carboxylic acids is 2. The number of nitrogens with one attached hydrogen (secondary N) is 2. The molecule has 8 N–H and O–H groups in total. The highest BCUT2D eigenvalue weighted by Crippen LogP contribution is 2.25. The van der Waals surface area contributed by atoms with Gasteiger partial charge in [0.25, 0.3) is 0 Å². The molecule has 2 atom stereocenters. The number of ether oxygens (including phenoxy) is 1. The predicted octanol–water partition coefficient (Wildman–Crippen LogP) is 1.97. The van der Waals surface area contributed by atoms with E-state index in [1.165, 1.54) is 6.08 Å². The number of hydrogen-bond acceptors (Lipinski definition) is 7. The highest BCUT2D eigenvalue weighted by atomic mass is 32.1. The van der Waals surface area contributed by atoms with Gasteiger partial charge in [0.15, 0.2) is 17.8 Å². The van der Waals surface area contributed by atoms with Crippen LogP contribution in [0.1, 0.15) is 25.3 Å². The van der Waals surface area contributed by atoms with E-state index in [-0.39, 0.29) is 23.7 Å². The van der Waals surface area contributed by atoms with E-state index in [1.807, 2.05) is 60.7 Å². The highest BCUT2D eigenvalue weighted by molar-refractivity contribution is 7.80. The molecule has 40 heavy (non-hydrogen) atoms. The van der Waals surface area contributed by atoms with Gasteiger partial charge >= 0.3 is 5.97 Å². The Kier molecular flexibility index (Phi) is 11.4. The average molecular weight is 563 g/mol. The molecular weight excluding hydrogens is 528 g/mol. The van der Waals surface area contributed by atoms with Crippen LogP contribution in [-0.4, -0.2) is 53.4 Å². The second kappa shape index (κ2) is 15.1. The Morgan fingerprint density at radius 2 is 1.85 bits per heavy atom. The summed E-state index contributed by atoms with van der Waals surface area (Å²) >= 11 is 5.68. The quantitative estimate of drug-likeness (QED) is 0.0418. The van der Waals surface area contributed by atoms with Crippen LogP contribution in [0.2, 0.25) is 0 Å². The minimum Gasteiger partial charge on any atom is -0.443 e. The Morgan fingerprint density at radius 1 is 1.10 bits per heavy atom. The van der Waals surface area contributed by atoms with Crippen molar-refractivity contribution in [3.05, 3.63) is 78.5 Å². The smallest absolute Gasteiger partial charge is 0.324 e. The monoisotopic (exact) mass is 562 g/mol. The van der Waals surface area contributed by atoms with Crippen LogP contribution < -0.4 is 32.7 Å². The Labute approximate surface area is 238 Å². The molecule has 0 spiro atoms. The van der Waals surface area contributed by atoms with Crippen LogP contribution in [0, 0.1) is 0 Å². The summed E-state index contributed by atoms with van der Waals surface area (Å²) in [4.78, 5) is 35.1. The molecule has 3 rings (SSSR count). The number of benzene rings is 2. The minimum absolute atomic E-state index is 0.0193. The third-order valence-corrected chi connectivity index (χ3v) is 6.02. The fraction of sp³-hybridized carbons (Fsp3) is 0.250. The van der Waals surface area contributed by atoms with Crippen LogP contribution in [0.5, 0.6) is 0 Å². The zero-order valence-electron chi connectivity index (χ0n) is 22.2. The van der Waals surface area contributed by atoms with Gasteiger partial charge in [-0.2, -0.15) is 0 Å². The molecule has 1 amide bonds. The number of guanidine groups is 1. The fourth-order valence-corrected chi connectivity index (χ4v) is 4.04. The van der Waals surface area contributed by atoms with Crippen molar-refractivity contribution in [3.63, 3.8) is 0 Å². The molecule has 0 aliphatic carbocycles. The third kappa shape index (κ3) is 9.33. The molecule has 0 radical (unpaired) electrons. The number of aromatic nitrogens is 1. The molecule has 2 aromatic carbocycles. The number of rotatable bonds is 12. The van der Waals surface area contributed by atoms with E-state index in [0.717, 1.165) is 10.9 Å². The Morgan fingerprint density at radius 3 is 2.60 bits per heavy atom. The number of carbonyl (C=O) groups is 2. The van der Waals surface area contributed by atoms with Crippen molar-refractivity contribution < 1.29 is 14.3 Å². The minimum atomic E-state index is -0.863. The van der Waals surface area contributed by atoms with E-state index in [1.54, 1.807) is 24.1 Å². The highest BCUT2D eigenvalue weighted by Gasteiger charge is 2.21. The lowest BCUT2D eigenvalue weighted by molar-refractivity contribution is -0.145. The number of hydrogen-bond donors (Lipinski definition) is 5. The molecule has 12 heteroatoms. The zero-order valence-corrected chi connectivity index (χ0v) is 23.0. The molecule has 0 fully saturated rings. The predicted molar refractivity (Wildman–Crippen MR) is 162 cm³/mol. The van der Waals surface area contributed by atoms with E-state index in [0.29, 0.717) is 30.6 Å². The van der Waals surface area contributed by atoms with Crippen LogP contribution in [0.4, 0.5) is 5.69 Å². The molecule has 0 aliphatic heterocycles. The maximum atomic E-state index is 12.6. The van der Waals surface area contributed by atoms with Gasteiger partial charge < -0.3 is 32.6 Å². The van der Waals surface area contributed by atoms with E-state index in [2.05, 4.69) is 20.6 Å². The van der Waals surface area contributed by atoms with Crippen molar-refractivity contribution in [1.29, 1.82) is 0 Å². The summed E-state index contributed by atoms with van der Waals surface area (Å²) in [5.74, 6) is -0.921. The number of nitrogens with two attached hydrogens (primary N) is 3. The second-order valence-electron chi connectivity index (χ2n) is 8.85. The SMILES string of the molecule is CC(NC(=O)/C=C/c1ccccc1)NC(=S)N(COC(=O)[C@@H](N)CCCN=C(N)N)c1cccc2cccnc12. The van der Waals surface area contributed by atoms with Crippen molar-refractivity contribution in [1.82, 2.24) is 15.6 Å². The summed E-state index contributed by atoms with van der Waals surface area (Å²) in [6.07, 6.45) is 5.14. The van der Waals surface area contributed by atoms with Crippen LogP contribution in [0.25, 0.3) is 17.0 Å². The molecule has 0 bridgehead atoms. The van der Waals surface area contributed by atoms with Crippen LogP contribution >= 0.6 is 12.2 Å². The number of pyridine rings is 1. The third-order valence-electron chi connectivity index (χ3n) is 5.68. The molecule has 0 saturated carbocycles. The number of para-hydroxylation sites is 1.